The highest BCUT2D eigenvalue weighted by atomic mass is 79.9. The van der Waals surface area contributed by atoms with Gasteiger partial charge in [-0.1, -0.05) is 22.0 Å². The Morgan fingerprint density at radius 1 is 1.20 bits per heavy atom. The molecule has 3 N–H and O–H groups in total. The first-order valence-corrected chi connectivity index (χ1v) is 9.37. The minimum atomic E-state index is -0.199. The van der Waals surface area contributed by atoms with Gasteiger partial charge in [-0.15, -0.1) is 12.4 Å². The standard InChI is InChI=1S/C18H24BrN3O2.ClH/c1-11-2-3-13(19)9-16(11)22-18(24)10-20-17(23)8-12-6-14-4-5-15(7-12)21-14;/h2-3,9,12,14-15,21H,4-8,10H2,1H3,(H,20,23)(H,22,24);1H. The molecule has 2 fully saturated rings. The summed E-state index contributed by atoms with van der Waals surface area (Å²) in [5.74, 6) is 0.219. The molecule has 1 aromatic rings. The second-order valence-corrected chi connectivity index (χ2v) is 7.88. The Kier molecular flexibility index (Phi) is 7.28. The molecule has 3 rings (SSSR count). The number of halogens is 2. The van der Waals surface area contributed by atoms with Gasteiger partial charge in [-0.2, -0.15) is 0 Å². The van der Waals surface area contributed by atoms with Crippen LogP contribution in [0.3, 0.4) is 0 Å². The zero-order valence-corrected chi connectivity index (χ0v) is 16.7. The van der Waals surface area contributed by atoms with Crippen LogP contribution in [-0.2, 0) is 9.59 Å². The summed E-state index contributed by atoms with van der Waals surface area (Å²) in [6.07, 6.45) is 5.15. The number of fused-ring (bicyclic) bond motifs is 2. The lowest BCUT2D eigenvalue weighted by molar-refractivity contribution is -0.125. The molecule has 2 aliphatic heterocycles. The Bertz CT molecular complexity index is 629. The first-order chi connectivity index (χ1) is 11.5. The van der Waals surface area contributed by atoms with Crippen molar-refractivity contribution in [2.24, 2.45) is 5.92 Å². The Morgan fingerprint density at radius 3 is 2.56 bits per heavy atom. The topological polar surface area (TPSA) is 70.2 Å². The maximum Gasteiger partial charge on any atom is 0.243 e. The van der Waals surface area contributed by atoms with Gasteiger partial charge in [-0.3, -0.25) is 9.59 Å². The van der Waals surface area contributed by atoms with Gasteiger partial charge < -0.3 is 16.0 Å². The Morgan fingerprint density at radius 2 is 1.88 bits per heavy atom. The Hall–Kier alpha value is -1.11. The average molecular weight is 431 g/mol. The van der Waals surface area contributed by atoms with E-state index in [2.05, 4.69) is 31.9 Å². The third kappa shape index (κ3) is 5.69. The molecular weight excluding hydrogens is 406 g/mol. The van der Waals surface area contributed by atoms with Gasteiger partial charge in [0.05, 0.1) is 6.54 Å². The zero-order valence-electron chi connectivity index (χ0n) is 14.3. The van der Waals surface area contributed by atoms with Crippen LogP contribution in [0.1, 0.15) is 37.7 Å². The molecule has 25 heavy (non-hydrogen) atoms. The van der Waals surface area contributed by atoms with Crippen molar-refractivity contribution in [1.29, 1.82) is 0 Å². The number of aryl methyl sites for hydroxylation is 1. The first kappa shape index (κ1) is 20.2. The molecule has 2 heterocycles. The zero-order chi connectivity index (χ0) is 17.1. The largest absolute Gasteiger partial charge is 0.347 e. The molecule has 5 nitrogen and oxygen atoms in total. The molecule has 0 aliphatic carbocycles. The number of hydrogen-bond acceptors (Lipinski definition) is 3. The predicted molar refractivity (Wildman–Crippen MR) is 105 cm³/mol. The van der Waals surface area contributed by atoms with E-state index in [0.29, 0.717) is 24.4 Å². The van der Waals surface area contributed by atoms with Crippen molar-refractivity contribution in [3.63, 3.8) is 0 Å². The van der Waals surface area contributed by atoms with Crippen LogP contribution < -0.4 is 16.0 Å². The summed E-state index contributed by atoms with van der Waals surface area (Å²) in [6.45, 7) is 1.95. The number of piperidine rings is 1. The fraction of sp³-hybridized carbons (Fsp3) is 0.556. The van der Waals surface area contributed by atoms with Crippen LogP contribution >= 0.6 is 28.3 Å². The van der Waals surface area contributed by atoms with Gasteiger partial charge in [0.2, 0.25) is 11.8 Å². The fourth-order valence-electron chi connectivity index (χ4n) is 3.78. The maximum atomic E-state index is 12.1. The highest BCUT2D eigenvalue weighted by Crippen LogP contribution is 2.32. The average Bonchev–Trinajstić information content (AvgIpc) is 2.88. The molecule has 2 bridgehead atoms. The smallest absolute Gasteiger partial charge is 0.243 e. The second kappa shape index (κ2) is 9.01. The van der Waals surface area contributed by atoms with Crippen LogP contribution in [-0.4, -0.2) is 30.4 Å². The van der Waals surface area contributed by atoms with Crippen LogP contribution in [0.2, 0.25) is 0 Å². The van der Waals surface area contributed by atoms with Gasteiger partial charge in [0, 0.05) is 28.7 Å². The van der Waals surface area contributed by atoms with Gasteiger partial charge >= 0.3 is 0 Å². The summed E-state index contributed by atoms with van der Waals surface area (Å²) in [4.78, 5) is 24.1. The van der Waals surface area contributed by atoms with Crippen LogP contribution in [0.15, 0.2) is 22.7 Å². The number of carbonyl (C=O) groups excluding carboxylic acids is 2. The minimum absolute atomic E-state index is 0. The monoisotopic (exact) mass is 429 g/mol. The molecule has 2 saturated heterocycles. The van der Waals surface area contributed by atoms with Crippen molar-refractivity contribution < 1.29 is 9.59 Å². The number of amides is 2. The molecule has 0 aromatic heterocycles. The highest BCUT2D eigenvalue weighted by Gasteiger charge is 2.34. The van der Waals surface area contributed by atoms with E-state index in [1.165, 1.54) is 12.8 Å². The number of carbonyl (C=O) groups is 2. The number of anilines is 1. The highest BCUT2D eigenvalue weighted by molar-refractivity contribution is 9.10. The van der Waals surface area contributed by atoms with Gasteiger partial charge in [0.1, 0.15) is 0 Å². The van der Waals surface area contributed by atoms with Gasteiger partial charge in [0.25, 0.3) is 0 Å². The molecule has 0 radical (unpaired) electrons. The van der Waals surface area contributed by atoms with Gasteiger partial charge in [-0.05, 0) is 56.2 Å². The van der Waals surface area contributed by atoms with E-state index in [-0.39, 0.29) is 30.8 Å². The Labute approximate surface area is 163 Å². The van der Waals surface area contributed by atoms with Crippen molar-refractivity contribution in [1.82, 2.24) is 10.6 Å². The lowest BCUT2D eigenvalue weighted by atomic mass is 9.89. The SMILES string of the molecule is Cc1ccc(Br)cc1NC(=O)CNC(=O)CC1CC2CCC(C1)N2.Cl. The van der Waals surface area contributed by atoms with Crippen LogP contribution in [0.25, 0.3) is 0 Å². The molecule has 138 valence electrons. The minimum Gasteiger partial charge on any atom is -0.347 e. The maximum absolute atomic E-state index is 12.1. The molecular formula is C18H25BrClN3O2. The van der Waals surface area contributed by atoms with Crippen LogP contribution in [0.4, 0.5) is 5.69 Å². The summed E-state index contributed by atoms with van der Waals surface area (Å²) < 4.78 is 0.910. The summed E-state index contributed by atoms with van der Waals surface area (Å²) in [7, 11) is 0. The number of benzene rings is 1. The molecule has 0 spiro atoms. The fourth-order valence-corrected chi connectivity index (χ4v) is 4.14. The van der Waals surface area contributed by atoms with E-state index < -0.39 is 0 Å². The van der Waals surface area contributed by atoms with Crippen molar-refractivity contribution in [2.45, 2.75) is 51.1 Å². The van der Waals surface area contributed by atoms with E-state index in [0.717, 1.165) is 28.6 Å². The van der Waals surface area contributed by atoms with E-state index in [9.17, 15) is 9.59 Å². The van der Waals surface area contributed by atoms with E-state index in [1.807, 2.05) is 25.1 Å². The quantitative estimate of drug-likeness (QED) is 0.672. The van der Waals surface area contributed by atoms with Crippen LogP contribution in [0, 0.1) is 12.8 Å². The van der Waals surface area contributed by atoms with Crippen molar-refractivity contribution in [3.05, 3.63) is 28.2 Å². The molecule has 2 amide bonds. The normalized spacial score (nSPS) is 24.3. The third-order valence-electron chi connectivity index (χ3n) is 4.96. The molecule has 1 aromatic carbocycles. The third-order valence-corrected chi connectivity index (χ3v) is 5.46. The molecule has 7 heteroatoms. The summed E-state index contributed by atoms with van der Waals surface area (Å²) in [5, 5.41) is 9.17. The summed E-state index contributed by atoms with van der Waals surface area (Å²) in [5.41, 5.74) is 1.75. The van der Waals surface area contributed by atoms with E-state index in [1.54, 1.807) is 0 Å². The van der Waals surface area contributed by atoms with Crippen molar-refractivity contribution in [2.75, 3.05) is 11.9 Å². The number of nitrogens with one attached hydrogen (secondary N) is 3. The van der Waals surface area contributed by atoms with E-state index >= 15 is 0 Å². The first-order valence-electron chi connectivity index (χ1n) is 8.58. The Balaban J connectivity index is 0.00000225. The summed E-state index contributed by atoms with van der Waals surface area (Å²) >= 11 is 3.39. The molecule has 2 aliphatic rings. The lowest BCUT2D eigenvalue weighted by Crippen LogP contribution is -2.40. The number of hydrogen-bond donors (Lipinski definition) is 3. The van der Waals surface area contributed by atoms with E-state index in [4.69, 9.17) is 0 Å². The molecule has 0 saturated carbocycles. The number of rotatable bonds is 5. The van der Waals surface area contributed by atoms with Crippen molar-refractivity contribution in [3.8, 4) is 0 Å². The summed E-state index contributed by atoms with van der Waals surface area (Å²) in [6, 6.07) is 6.90. The van der Waals surface area contributed by atoms with Gasteiger partial charge in [0.15, 0.2) is 0 Å². The second-order valence-electron chi connectivity index (χ2n) is 6.96. The lowest BCUT2D eigenvalue weighted by Gasteiger charge is -2.28. The van der Waals surface area contributed by atoms with Crippen molar-refractivity contribution >= 4 is 45.8 Å². The van der Waals surface area contributed by atoms with Crippen LogP contribution in [0.5, 0.6) is 0 Å². The molecule has 2 unspecified atom stereocenters. The molecule has 2 atom stereocenters. The van der Waals surface area contributed by atoms with Gasteiger partial charge in [-0.25, -0.2) is 0 Å². The predicted octanol–water partition coefficient (Wildman–Crippen LogP) is 3.15.